The molecule has 0 atom stereocenters. The molecule has 1 aromatic carbocycles. The van der Waals surface area contributed by atoms with E-state index in [1.54, 1.807) is 31.5 Å². The molecule has 0 spiro atoms. The van der Waals surface area contributed by atoms with Gasteiger partial charge in [0.25, 0.3) is 0 Å². The van der Waals surface area contributed by atoms with Crippen LogP contribution in [0.3, 0.4) is 0 Å². The summed E-state index contributed by atoms with van der Waals surface area (Å²) in [5.41, 5.74) is 12.2. The quantitative estimate of drug-likeness (QED) is 0.507. The van der Waals surface area contributed by atoms with Crippen molar-refractivity contribution in [2.75, 3.05) is 24.8 Å². The van der Waals surface area contributed by atoms with Crippen molar-refractivity contribution in [2.45, 2.75) is 0 Å². The maximum Gasteiger partial charge on any atom is 0.109 e. The lowest BCUT2D eigenvalue weighted by Crippen LogP contribution is -2.06. The van der Waals surface area contributed by atoms with Gasteiger partial charge in [0.15, 0.2) is 0 Å². The monoisotopic (exact) mass is 184 g/mol. The van der Waals surface area contributed by atoms with Gasteiger partial charge in [-0.1, -0.05) is 0 Å². The van der Waals surface area contributed by atoms with Gasteiger partial charge in [-0.2, -0.15) is 0 Å². The van der Waals surface area contributed by atoms with E-state index in [9.17, 15) is 4.57 Å². The Bertz CT molecular complexity index is 323. The van der Waals surface area contributed by atoms with Gasteiger partial charge in [0.1, 0.15) is 7.14 Å². The zero-order valence-corrected chi connectivity index (χ0v) is 8.14. The zero-order valence-electron chi connectivity index (χ0n) is 7.24. The van der Waals surface area contributed by atoms with Crippen molar-refractivity contribution in [3.05, 3.63) is 18.2 Å². The Kier molecular flexibility index (Phi) is 2.16. The molecule has 0 saturated heterocycles. The van der Waals surface area contributed by atoms with Gasteiger partial charge in [-0.05, 0) is 31.5 Å². The Morgan fingerprint density at radius 3 is 1.83 bits per heavy atom. The van der Waals surface area contributed by atoms with Crippen LogP contribution in [0.5, 0.6) is 0 Å². The van der Waals surface area contributed by atoms with Crippen molar-refractivity contribution >= 4 is 23.8 Å². The Morgan fingerprint density at radius 2 is 1.50 bits per heavy atom. The average molecular weight is 184 g/mol. The first-order valence-corrected chi connectivity index (χ1v) is 6.21. The number of hydrogen-bond donors (Lipinski definition) is 2. The van der Waals surface area contributed by atoms with Crippen molar-refractivity contribution in [2.24, 2.45) is 0 Å². The van der Waals surface area contributed by atoms with E-state index in [4.69, 9.17) is 11.5 Å². The van der Waals surface area contributed by atoms with Crippen LogP contribution in [0.4, 0.5) is 11.4 Å². The molecule has 0 unspecified atom stereocenters. The number of anilines is 2. The van der Waals surface area contributed by atoms with Crippen molar-refractivity contribution in [1.29, 1.82) is 0 Å². The van der Waals surface area contributed by atoms with E-state index in [1.807, 2.05) is 0 Å². The van der Waals surface area contributed by atoms with Crippen molar-refractivity contribution in [3.8, 4) is 0 Å². The topological polar surface area (TPSA) is 69.1 Å². The second-order valence-corrected chi connectivity index (χ2v) is 6.43. The molecule has 0 radical (unpaired) electrons. The Balaban J connectivity index is 3.27. The van der Waals surface area contributed by atoms with Crippen LogP contribution in [0.2, 0.25) is 0 Å². The van der Waals surface area contributed by atoms with Crippen LogP contribution in [0.25, 0.3) is 0 Å². The van der Waals surface area contributed by atoms with Crippen molar-refractivity contribution in [3.63, 3.8) is 0 Å². The highest BCUT2D eigenvalue weighted by atomic mass is 31.2. The molecule has 4 heteroatoms. The van der Waals surface area contributed by atoms with Gasteiger partial charge in [-0.3, -0.25) is 0 Å². The van der Waals surface area contributed by atoms with E-state index in [2.05, 4.69) is 0 Å². The minimum absolute atomic E-state index is 0.564. The highest BCUT2D eigenvalue weighted by molar-refractivity contribution is 7.70. The molecule has 66 valence electrons. The normalized spacial score (nSPS) is 11.5. The molecule has 0 aliphatic heterocycles. The first kappa shape index (κ1) is 9.14. The first-order chi connectivity index (χ1) is 5.39. The lowest BCUT2D eigenvalue weighted by Gasteiger charge is -2.08. The van der Waals surface area contributed by atoms with Crippen LogP contribution in [0.15, 0.2) is 18.2 Å². The van der Waals surface area contributed by atoms with E-state index >= 15 is 0 Å². The van der Waals surface area contributed by atoms with Gasteiger partial charge in [0.05, 0.1) is 0 Å². The van der Waals surface area contributed by atoms with Crippen LogP contribution in [0.1, 0.15) is 0 Å². The molecule has 12 heavy (non-hydrogen) atoms. The Morgan fingerprint density at radius 1 is 1.08 bits per heavy atom. The van der Waals surface area contributed by atoms with Gasteiger partial charge in [0, 0.05) is 16.7 Å². The predicted molar refractivity (Wildman–Crippen MR) is 54.4 cm³/mol. The fourth-order valence-corrected chi connectivity index (χ4v) is 1.89. The molecule has 0 saturated carbocycles. The summed E-state index contributed by atoms with van der Waals surface area (Å²) in [6.07, 6.45) is 0. The lowest BCUT2D eigenvalue weighted by atomic mass is 10.3. The minimum Gasteiger partial charge on any atom is -0.399 e. The van der Waals surface area contributed by atoms with Gasteiger partial charge < -0.3 is 16.0 Å². The lowest BCUT2D eigenvalue weighted by molar-refractivity contribution is 0.588. The third-order valence-corrected chi connectivity index (χ3v) is 3.09. The number of nitrogens with two attached hydrogens (primary N) is 2. The standard InChI is InChI=1S/C8H13N2OP/c1-12(2,11)8-4-6(9)3-7(10)5-8/h3-5H,9-10H2,1-2H3. The summed E-state index contributed by atoms with van der Waals surface area (Å²) in [6.45, 7) is 3.39. The maximum absolute atomic E-state index is 11.6. The zero-order chi connectivity index (χ0) is 9.35. The first-order valence-electron chi connectivity index (χ1n) is 3.61. The van der Waals surface area contributed by atoms with E-state index in [1.165, 1.54) is 0 Å². The molecule has 0 heterocycles. The summed E-state index contributed by atoms with van der Waals surface area (Å²) >= 11 is 0. The maximum atomic E-state index is 11.6. The summed E-state index contributed by atoms with van der Waals surface area (Å²) in [5.74, 6) is 0. The molecule has 0 aliphatic carbocycles. The second-order valence-electron chi connectivity index (χ2n) is 3.21. The Labute approximate surface area is 72.1 Å². The predicted octanol–water partition coefficient (Wildman–Crippen LogP) is 1.10. The van der Waals surface area contributed by atoms with Gasteiger partial charge in [-0.25, -0.2) is 0 Å². The summed E-state index contributed by atoms with van der Waals surface area (Å²) < 4.78 is 11.6. The third kappa shape index (κ3) is 2.02. The van der Waals surface area contributed by atoms with Gasteiger partial charge in [-0.15, -0.1) is 0 Å². The van der Waals surface area contributed by atoms with Crippen molar-refractivity contribution < 1.29 is 4.57 Å². The third-order valence-electron chi connectivity index (χ3n) is 1.58. The number of nitrogen functional groups attached to an aromatic ring is 2. The summed E-state index contributed by atoms with van der Waals surface area (Å²) in [6, 6.07) is 5.06. The largest absolute Gasteiger partial charge is 0.399 e. The number of rotatable bonds is 1. The molecule has 1 aromatic rings. The fourth-order valence-electron chi connectivity index (χ4n) is 0.970. The molecular formula is C8H13N2OP. The van der Waals surface area contributed by atoms with Crippen molar-refractivity contribution in [1.82, 2.24) is 0 Å². The number of benzene rings is 1. The molecule has 4 N–H and O–H groups in total. The molecule has 1 rings (SSSR count). The average Bonchev–Trinajstić information content (AvgIpc) is 1.82. The van der Waals surface area contributed by atoms with Crippen LogP contribution < -0.4 is 16.8 Å². The SMILES string of the molecule is CP(C)(=O)c1cc(N)cc(N)c1. The molecule has 0 aromatic heterocycles. The van der Waals surface area contributed by atoms with E-state index in [0.29, 0.717) is 11.4 Å². The van der Waals surface area contributed by atoms with E-state index in [-0.39, 0.29) is 0 Å². The second kappa shape index (κ2) is 2.83. The van der Waals surface area contributed by atoms with Gasteiger partial charge in [0.2, 0.25) is 0 Å². The smallest absolute Gasteiger partial charge is 0.109 e. The minimum atomic E-state index is -2.23. The van der Waals surface area contributed by atoms with Crippen LogP contribution in [0, 0.1) is 0 Å². The van der Waals surface area contributed by atoms with E-state index in [0.717, 1.165) is 5.30 Å². The highest BCUT2D eigenvalue weighted by Gasteiger charge is 2.11. The highest BCUT2D eigenvalue weighted by Crippen LogP contribution is 2.35. The molecule has 0 fully saturated rings. The summed E-state index contributed by atoms with van der Waals surface area (Å²) in [5, 5.41) is 0.736. The summed E-state index contributed by atoms with van der Waals surface area (Å²) in [7, 11) is -2.23. The summed E-state index contributed by atoms with van der Waals surface area (Å²) in [4.78, 5) is 0. The van der Waals surface area contributed by atoms with Crippen LogP contribution in [-0.2, 0) is 4.57 Å². The molecule has 0 amide bonds. The molecular weight excluding hydrogens is 171 g/mol. The molecule has 0 bridgehead atoms. The van der Waals surface area contributed by atoms with Crippen LogP contribution in [-0.4, -0.2) is 13.3 Å². The Hall–Kier alpha value is -0.950. The fraction of sp³-hybridized carbons (Fsp3) is 0.250. The van der Waals surface area contributed by atoms with Crippen LogP contribution >= 0.6 is 7.14 Å². The number of hydrogen-bond acceptors (Lipinski definition) is 3. The molecule has 3 nitrogen and oxygen atoms in total. The van der Waals surface area contributed by atoms with Gasteiger partial charge >= 0.3 is 0 Å². The van der Waals surface area contributed by atoms with E-state index < -0.39 is 7.14 Å². The molecule has 0 aliphatic rings.